The maximum atomic E-state index is 12.2. The third-order valence-corrected chi connectivity index (χ3v) is 3.15. The molecule has 0 aromatic carbocycles. The molecule has 1 saturated heterocycles. The van der Waals surface area contributed by atoms with E-state index in [-0.39, 0.29) is 11.9 Å². The Morgan fingerprint density at radius 3 is 3.00 bits per heavy atom. The van der Waals surface area contributed by atoms with Crippen LogP contribution in [0.1, 0.15) is 23.0 Å². The molecule has 1 aliphatic heterocycles. The van der Waals surface area contributed by atoms with Crippen LogP contribution in [0, 0.1) is 0 Å². The number of hydrogen-bond acceptors (Lipinski definition) is 4. The standard InChI is InChI=1S/C12H13N5O/c18-12(11-3-1-2-5-13-11)16-7-4-10(9-16)17-8-6-14-15-17/h1-3,5-6,8,10H,4,7,9H2/t10-/m0/s1. The molecule has 2 aromatic rings. The molecule has 1 fully saturated rings. The van der Waals surface area contributed by atoms with Crippen LogP contribution in [0.25, 0.3) is 0 Å². The highest BCUT2D eigenvalue weighted by molar-refractivity contribution is 5.92. The van der Waals surface area contributed by atoms with E-state index in [0.717, 1.165) is 13.0 Å². The van der Waals surface area contributed by atoms with Crippen LogP contribution < -0.4 is 0 Å². The van der Waals surface area contributed by atoms with Gasteiger partial charge in [0.2, 0.25) is 0 Å². The SMILES string of the molecule is O=C(c1ccccn1)N1CC[C@H](n2ccnn2)C1. The van der Waals surface area contributed by atoms with Crippen molar-refractivity contribution in [1.29, 1.82) is 0 Å². The highest BCUT2D eigenvalue weighted by Gasteiger charge is 2.28. The molecular formula is C12H13N5O. The van der Waals surface area contributed by atoms with Crippen LogP contribution in [-0.2, 0) is 0 Å². The second-order valence-corrected chi connectivity index (χ2v) is 4.29. The lowest BCUT2D eigenvalue weighted by Gasteiger charge is -2.15. The summed E-state index contributed by atoms with van der Waals surface area (Å²) in [5, 5.41) is 7.77. The van der Waals surface area contributed by atoms with E-state index in [1.54, 1.807) is 24.5 Å². The Morgan fingerprint density at radius 1 is 1.33 bits per heavy atom. The van der Waals surface area contributed by atoms with E-state index in [0.29, 0.717) is 12.2 Å². The highest BCUT2D eigenvalue weighted by atomic mass is 16.2. The van der Waals surface area contributed by atoms with Gasteiger partial charge in [0, 0.05) is 25.5 Å². The molecular weight excluding hydrogens is 230 g/mol. The molecule has 1 amide bonds. The molecule has 3 heterocycles. The highest BCUT2D eigenvalue weighted by Crippen LogP contribution is 2.21. The number of rotatable bonds is 2. The van der Waals surface area contributed by atoms with Crippen molar-refractivity contribution in [1.82, 2.24) is 24.9 Å². The molecule has 6 nitrogen and oxygen atoms in total. The van der Waals surface area contributed by atoms with Crippen molar-refractivity contribution in [3.63, 3.8) is 0 Å². The first-order chi connectivity index (χ1) is 8.84. The minimum atomic E-state index is -0.0155. The molecule has 3 rings (SSSR count). The van der Waals surface area contributed by atoms with Crippen LogP contribution in [0.5, 0.6) is 0 Å². The summed E-state index contributed by atoms with van der Waals surface area (Å²) in [6, 6.07) is 5.59. The molecule has 0 radical (unpaired) electrons. The molecule has 0 unspecified atom stereocenters. The normalized spacial score (nSPS) is 19.1. The van der Waals surface area contributed by atoms with E-state index in [1.165, 1.54) is 0 Å². The number of carbonyl (C=O) groups is 1. The monoisotopic (exact) mass is 243 g/mol. The average molecular weight is 243 g/mol. The molecule has 0 aliphatic carbocycles. The number of likely N-dealkylation sites (tertiary alicyclic amines) is 1. The largest absolute Gasteiger partial charge is 0.335 e. The van der Waals surface area contributed by atoms with Crippen molar-refractivity contribution >= 4 is 5.91 Å². The summed E-state index contributed by atoms with van der Waals surface area (Å²) in [4.78, 5) is 18.1. The lowest BCUT2D eigenvalue weighted by Crippen LogP contribution is -2.29. The molecule has 1 atom stereocenters. The van der Waals surface area contributed by atoms with Gasteiger partial charge >= 0.3 is 0 Å². The summed E-state index contributed by atoms with van der Waals surface area (Å²) in [7, 11) is 0. The van der Waals surface area contributed by atoms with Gasteiger partial charge < -0.3 is 4.90 Å². The van der Waals surface area contributed by atoms with Crippen LogP contribution in [0.3, 0.4) is 0 Å². The summed E-state index contributed by atoms with van der Waals surface area (Å²) < 4.78 is 1.81. The lowest BCUT2D eigenvalue weighted by molar-refractivity contribution is 0.0781. The molecule has 1 aliphatic rings. The van der Waals surface area contributed by atoms with E-state index in [2.05, 4.69) is 15.3 Å². The van der Waals surface area contributed by atoms with Gasteiger partial charge in [-0.05, 0) is 18.6 Å². The fourth-order valence-corrected chi connectivity index (χ4v) is 2.21. The maximum Gasteiger partial charge on any atom is 0.272 e. The van der Waals surface area contributed by atoms with Crippen molar-refractivity contribution in [2.45, 2.75) is 12.5 Å². The Kier molecular flexibility index (Phi) is 2.76. The Hall–Kier alpha value is -2.24. The molecule has 0 spiro atoms. The van der Waals surface area contributed by atoms with E-state index in [1.807, 2.05) is 21.8 Å². The number of pyridine rings is 1. The second-order valence-electron chi connectivity index (χ2n) is 4.29. The molecule has 0 saturated carbocycles. The zero-order chi connectivity index (χ0) is 12.4. The van der Waals surface area contributed by atoms with Gasteiger partial charge in [0.25, 0.3) is 5.91 Å². The van der Waals surface area contributed by atoms with Gasteiger partial charge in [-0.3, -0.25) is 9.78 Å². The summed E-state index contributed by atoms with van der Waals surface area (Å²) in [6.45, 7) is 1.40. The van der Waals surface area contributed by atoms with Crippen LogP contribution in [-0.4, -0.2) is 43.9 Å². The third-order valence-electron chi connectivity index (χ3n) is 3.15. The Bertz CT molecular complexity index is 525. The molecule has 2 aromatic heterocycles. The van der Waals surface area contributed by atoms with Gasteiger partial charge in [0.15, 0.2) is 0 Å². The third kappa shape index (κ3) is 1.97. The first-order valence-corrected chi connectivity index (χ1v) is 5.91. The molecule has 0 N–H and O–H groups in total. The number of amides is 1. The summed E-state index contributed by atoms with van der Waals surface area (Å²) in [6.07, 6.45) is 6.03. The first kappa shape index (κ1) is 10.9. The minimum Gasteiger partial charge on any atom is -0.335 e. The van der Waals surface area contributed by atoms with E-state index < -0.39 is 0 Å². The van der Waals surface area contributed by atoms with Crippen LogP contribution >= 0.6 is 0 Å². The zero-order valence-electron chi connectivity index (χ0n) is 9.81. The predicted molar refractivity (Wildman–Crippen MR) is 63.8 cm³/mol. The average Bonchev–Trinajstić information content (AvgIpc) is 3.09. The molecule has 18 heavy (non-hydrogen) atoms. The second kappa shape index (κ2) is 4.56. The van der Waals surface area contributed by atoms with Gasteiger partial charge in [0.1, 0.15) is 5.69 Å². The number of carbonyl (C=O) groups excluding carboxylic acids is 1. The van der Waals surface area contributed by atoms with Crippen LogP contribution in [0.15, 0.2) is 36.8 Å². The molecule has 0 bridgehead atoms. The van der Waals surface area contributed by atoms with E-state index in [4.69, 9.17) is 0 Å². The summed E-state index contributed by atoms with van der Waals surface area (Å²) in [5.74, 6) is -0.0155. The van der Waals surface area contributed by atoms with Gasteiger partial charge in [-0.25, -0.2) is 4.68 Å². The van der Waals surface area contributed by atoms with Crippen molar-refractivity contribution in [3.05, 3.63) is 42.5 Å². The maximum absolute atomic E-state index is 12.2. The van der Waals surface area contributed by atoms with Crippen molar-refractivity contribution in [3.8, 4) is 0 Å². The Morgan fingerprint density at radius 2 is 2.28 bits per heavy atom. The minimum absolute atomic E-state index is 0.0155. The van der Waals surface area contributed by atoms with Crippen molar-refractivity contribution < 1.29 is 4.79 Å². The Balaban J connectivity index is 1.71. The topological polar surface area (TPSA) is 63.9 Å². The number of nitrogens with zero attached hydrogens (tertiary/aromatic N) is 5. The van der Waals surface area contributed by atoms with Gasteiger partial charge in [-0.1, -0.05) is 11.3 Å². The van der Waals surface area contributed by atoms with Crippen molar-refractivity contribution in [2.24, 2.45) is 0 Å². The van der Waals surface area contributed by atoms with Gasteiger partial charge in [-0.2, -0.15) is 0 Å². The number of hydrogen-bond donors (Lipinski definition) is 0. The van der Waals surface area contributed by atoms with E-state index >= 15 is 0 Å². The summed E-state index contributed by atoms with van der Waals surface area (Å²) in [5.41, 5.74) is 0.497. The lowest BCUT2D eigenvalue weighted by atomic mass is 10.3. The van der Waals surface area contributed by atoms with Gasteiger partial charge in [0.05, 0.1) is 12.2 Å². The fraction of sp³-hybridized carbons (Fsp3) is 0.333. The summed E-state index contributed by atoms with van der Waals surface area (Å²) >= 11 is 0. The van der Waals surface area contributed by atoms with E-state index in [9.17, 15) is 4.79 Å². The van der Waals surface area contributed by atoms with Crippen LogP contribution in [0.2, 0.25) is 0 Å². The zero-order valence-corrected chi connectivity index (χ0v) is 9.81. The van der Waals surface area contributed by atoms with Gasteiger partial charge in [-0.15, -0.1) is 5.10 Å². The predicted octanol–water partition coefficient (Wildman–Crippen LogP) is 0.760. The first-order valence-electron chi connectivity index (χ1n) is 5.91. The molecule has 92 valence electrons. The fourth-order valence-electron chi connectivity index (χ4n) is 2.21. The molecule has 6 heteroatoms. The van der Waals surface area contributed by atoms with Crippen LogP contribution in [0.4, 0.5) is 0 Å². The smallest absolute Gasteiger partial charge is 0.272 e. The van der Waals surface area contributed by atoms with Crippen molar-refractivity contribution in [2.75, 3.05) is 13.1 Å². The quantitative estimate of drug-likeness (QED) is 0.781. The Labute approximate surface area is 104 Å². The number of aromatic nitrogens is 4.